The van der Waals surface area contributed by atoms with E-state index in [0.717, 1.165) is 6.33 Å². The van der Waals surface area contributed by atoms with Crippen LogP contribution in [0.15, 0.2) is 11.1 Å². The monoisotopic (exact) mass is 284 g/mol. The summed E-state index contributed by atoms with van der Waals surface area (Å²) in [4.78, 5) is 38.3. The Morgan fingerprint density at radius 3 is 2.75 bits per heavy atom. The summed E-state index contributed by atoms with van der Waals surface area (Å²) in [6.07, 6.45) is 0.972. The van der Waals surface area contributed by atoms with Crippen LogP contribution in [0.2, 0.25) is 0 Å². The van der Waals surface area contributed by atoms with Gasteiger partial charge in [0, 0.05) is 6.04 Å². The number of nitro groups is 1. The first-order valence-corrected chi connectivity index (χ1v) is 5.97. The number of amides is 1. The molecule has 0 aliphatic rings. The molecule has 0 saturated carbocycles. The van der Waals surface area contributed by atoms with Crippen LogP contribution in [0.3, 0.4) is 0 Å². The Hall–Kier alpha value is -2.45. The Kier molecular flexibility index (Phi) is 5.18. The summed E-state index contributed by atoms with van der Waals surface area (Å²) in [7, 11) is 0. The molecular formula is C11H16N4O5. The van der Waals surface area contributed by atoms with Gasteiger partial charge in [-0.15, -0.1) is 0 Å². The number of carbonyl (C=O) groups is 1. The van der Waals surface area contributed by atoms with E-state index in [2.05, 4.69) is 15.3 Å². The maximum absolute atomic E-state index is 11.6. The molecule has 20 heavy (non-hydrogen) atoms. The van der Waals surface area contributed by atoms with Crippen LogP contribution in [0.4, 0.5) is 5.69 Å². The lowest BCUT2D eigenvalue weighted by atomic mass is 10.1. The standard InChI is InChI=1S/C11H16N4O5/c1-6(2)7(3)14-8(16)4-20-11-9(15(18)19)10(17)12-5-13-11/h5-7H,4H2,1-3H3,(H,14,16)(H,12,13,17)/t7-/m1/s1. The quantitative estimate of drug-likeness (QED) is 0.568. The highest BCUT2D eigenvalue weighted by Gasteiger charge is 2.23. The van der Waals surface area contributed by atoms with Crippen LogP contribution in [-0.4, -0.2) is 33.4 Å². The van der Waals surface area contributed by atoms with Gasteiger partial charge >= 0.3 is 17.1 Å². The van der Waals surface area contributed by atoms with Gasteiger partial charge in [-0.25, -0.2) is 0 Å². The fraction of sp³-hybridized carbons (Fsp3) is 0.545. The van der Waals surface area contributed by atoms with Gasteiger partial charge in [-0.3, -0.25) is 19.7 Å². The molecule has 1 atom stereocenters. The van der Waals surface area contributed by atoms with Gasteiger partial charge in [0.15, 0.2) is 6.61 Å². The second kappa shape index (κ2) is 6.64. The summed E-state index contributed by atoms with van der Waals surface area (Å²) in [6, 6.07) is -0.0618. The van der Waals surface area contributed by atoms with Crippen LogP contribution in [-0.2, 0) is 4.79 Å². The molecule has 0 radical (unpaired) electrons. The van der Waals surface area contributed by atoms with Crippen LogP contribution in [0.25, 0.3) is 0 Å². The van der Waals surface area contributed by atoms with E-state index in [-0.39, 0.29) is 12.0 Å². The van der Waals surface area contributed by atoms with E-state index < -0.39 is 34.6 Å². The first-order valence-electron chi connectivity index (χ1n) is 5.97. The molecule has 0 spiro atoms. The smallest absolute Gasteiger partial charge is 0.395 e. The van der Waals surface area contributed by atoms with Crippen molar-refractivity contribution >= 4 is 11.6 Å². The van der Waals surface area contributed by atoms with E-state index >= 15 is 0 Å². The molecule has 1 rings (SSSR count). The lowest BCUT2D eigenvalue weighted by Gasteiger charge is -2.17. The Balaban J connectivity index is 2.71. The summed E-state index contributed by atoms with van der Waals surface area (Å²) in [5.41, 5.74) is -1.76. The highest BCUT2D eigenvalue weighted by molar-refractivity contribution is 5.77. The molecule has 0 aliphatic heterocycles. The Bertz CT molecular complexity index is 554. The van der Waals surface area contributed by atoms with Gasteiger partial charge in [0.05, 0.1) is 11.3 Å². The topological polar surface area (TPSA) is 127 Å². The van der Waals surface area contributed by atoms with E-state index in [1.165, 1.54) is 0 Å². The molecule has 0 aromatic carbocycles. The minimum Gasteiger partial charge on any atom is -0.463 e. The fourth-order valence-corrected chi connectivity index (χ4v) is 1.24. The predicted molar refractivity (Wildman–Crippen MR) is 69.4 cm³/mol. The Labute approximate surface area is 114 Å². The van der Waals surface area contributed by atoms with Gasteiger partial charge in [0.25, 0.3) is 5.91 Å². The summed E-state index contributed by atoms with van der Waals surface area (Å²) in [5.74, 6) is -0.681. The van der Waals surface area contributed by atoms with Crippen molar-refractivity contribution in [2.45, 2.75) is 26.8 Å². The van der Waals surface area contributed by atoms with Gasteiger partial charge in [0.1, 0.15) is 0 Å². The zero-order chi connectivity index (χ0) is 15.3. The number of ether oxygens (including phenoxy) is 1. The SMILES string of the molecule is CC(C)[C@@H](C)NC(=O)COc1nc[nH]c(=O)c1[N+](=O)[O-]. The molecule has 1 aromatic rings. The largest absolute Gasteiger partial charge is 0.463 e. The number of rotatable bonds is 6. The molecule has 9 nitrogen and oxygen atoms in total. The molecule has 0 bridgehead atoms. The van der Waals surface area contributed by atoms with Crippen molar-refractivity contribution in [3.05, 3.63) is 26.8 Å². The van der Waals surface area contributed by atoms with E-state index in [1.54, 1.807) is 0 Å². The number of carbonyl (C=O) groups excluding carboxylic acids is 1. The van der Waals surface area contributed by atoms with Crippen molar-refractivity contribution in [2.24, 2.45) is 5.92 Å². The molecule has 0 unspecified atom stereocenters. The first kappa shape index (κ1) is 15.6. The summed E-state index contributed by atoms with van der Waals surface area (Å²) in [6.45, 7) is 5.26. The minimum absolute atomic E-state index is 0.0618. The number of nitrogens with zero attached hydrogens (tertiary/aromatic N) is 2. The molecule has 0 aliphatic carbocycles. The van der Waals surface area contributed by atoms with Crippen LogP contribution >= 0.6 is 0 Å². The third kappa shape index (κ3) is 4.04. The minimum atomic E-state index is -0.934. The van der Waals surface area contributed by atoms with E-state index in [1.807, 2.05) is 20.8 Å². The van der Waals surface area contributed by atoms with E-state index in [4.69, 9.17) is 4.74 Å². The molecule has 1 heterocycles. The molecule has 0 saturated heterocycles. The maximum Gasteiger partial charge on any atom is 0.395 e. The third-order valence-electron chi connectivity index (χ3n) is 2.71. The Morgan fingerprint density at radius 2 is 2.20 bits per heavy atom. The van der Waals surface area contributed by atoms with Gasteiger partial charge < -0.3 is 15.0 Å². The lowest BCUT2D eigenvalue weighted by molar-refractivity contribution is -0.387. The number of hydrogen-bond acceptors (Lipinski definition) is 6. The maximum atomic E-state index is 11.6. The lowest BCUT2D eigenvalue weighted by Crippen LogP contribution is -2.39. The van der Waals surface area contributed by atoms with Gasteiger partial charge in [-0.1, -0.05) is 13.8 Å². The second-order valence-corrected chi connectivity index (χ2v) is 4.53. The number of nitrogens with one attached hydrogen (secondary N) is 2. The van der Waals surface area contributed by atoms with Crippen molar-refractivity contribution in [1.29, 1.82) is 0 Å². The number of aromatic amines is 1. The zero-order valence-electron chi connectivity index (χ0n) is 11.4. The highest BCUT2D eigenvalue weighted by atomic mass is 16.6. The van der Waals surface area contributed by atoms with E-state index in [9.17, 15) is 19.7 Å². The summed E-state index contributed by atoms with van der Waals surface area (Å²) < 4.78 is 4.94. The van der Waals surface area contributed by atoms with Crippen molar-refractivity contribution in [3.63, 3.8) is 0 Å². The van der Waals surface area contributed by atoms with Crippen LogP contribution in [0.1, 0.15) is 20.8 Å². The van der Waals surface area contributed by atoms with Crippen molar-refractivity contribution < 1.29 is 14.5 Å². The summed E-state index contributed by atoms with van der Waals surface area (Å²) >= 11 is 0. The molecule has 1 aromatic heterocycles. The molecule has 2 N–H and O–H groups in total. The summed E-state index contributed by atoms with van der Waals surface area (Å²) in [5, 5.41) is 13.4. The second-order valence-electron chi connectivity index (χ2n) is 4.53. The van der Waals surface area contributed by atoms with Crippen molar-refractivity contribution in [2.75, 3.05) is 6.61 Å². The van der Waals surface area contributed by atoms with Crippen LogP contribution < -0.4 is 15.6 Å². The average Bonchev–Trinajstić information content (AvgIpc) is 2.35. The molecular weight excluding hydrogens is 268 g/mol. The number of H-pyrrole nitrogens is 1. The number of hydrogen-bond donors (Lipinski definition) is 2. The zero-order valence-corrected chi connectivity index (χ0v) is 11.4. The molecule has 1 amide bonds. The van der Waals surface area contributed by atoms with Crippen LogP contribution in [0, 0.1) is 16.0 Å². The van der Waals surface area contributed by atoms with Gasteiger partial charge in [-0.05, 0) is 12.8 Å². The Morgan fingerprint density at radius 1 is 1.55 bits per heavy atom. The molecule has 9 heteroatoms. The molecule has 0 fully saturated rings. The fourth-order valence-electron chi connectivity index (χ4n) is 1.24. The number of aromatic nitrogens is 2. The van der Waals surface area contributed by atoms with Crippen molar-refractivity contribution in [3.8, 4) is 5.88 Å². The van der Waals surface area contributed by atoms with Crippen molar-refractivity contribution in [1.82, 2.24) is 15.3 Å². The highest BCUT2D eigenvalue weighted by Crippen LogP contribution is 2.17. The van der Waals surface area contributed by atoms with E-state index in [0.29, 0.717) is 0 Å². The molecule has 110 valence electrons. The van der Waals surface area contributed by atoms with Gasteiger partial charge in [-0.2, -0.15) is 4.98 Å². The average molecular weight is 284 g/mol. The first-order chi connectivity index (χ1) is 9.32. The van der Waals surface area contributed by atoms with Crippen LogP contribution in [0.5, 0.6) is 5.88 Å². The third-order valence-corrected chi connectivity index (χ3v) is 2.71. The normalized spacial score (nSPS) is 12.0. The van der Waals surface area contributed by atoms with Gasteiger partial charge in [0.2, 0.25) is 0 Å². The predicted octanol–water partition coefficient (Wildman–Crippen LogP) is 0.218.